The lowest BCUT2D eigenvalue weighted by atomic mass is 10.1. The van der Waals surface area contributed by atoms with Crippen LogP contribution >= 0.6 is 0 Å². The van der Waals surface area contributed by atoms with Crippen molar-refractivity contribution in [3.05, 3.63) is 23.3 Å². The quantitative estimate of drug-likeness (QED) is 0.768. The number of nitrogens with zero attached hydrogens (tertiary/aromatic N) is 1. The largest absolute Gasteiger partial charge is 0.398 e. The lowest BCUT2D eigenvalue weighted by Crippen LogP contribution is -2.33. The number of anilines is 1. The Morgan fingerprint density at radius 3 is 2.53 bits per heavy atom. The Labute approximate surface area is 115 Å². The van der Waals surface area contributed by atoms with Crippen molar-refractivity contribution in [1.82, 2.24) is 9.62 Å². The van der Waals surface area contributed by atoms with Gasteiger partial charge in [0.25, 0.3) is 0 Å². The molecule has 3 N–H and O–H groups in total. The summed E-state index contributed by atoms with van der Waals surface area (Å²) in [7, 11) is -1.60. The molecule has 0 fully saturated rings. The third-order valence-electron chi connectivity index (χ3n) is 3.30. The second kappa shape index (κ2) is 6.36. The van der Waals surface area contributed by atoms with Crippen molar-refractivity contribution in [2.75, 3.05) is 32.4 Å². The minimum atomic E-state index is -3.55. The number of nitrogens with one attached hydrogen (secondary N) is 1. The van der Waals surface area contributed by atoms with Crippen molar-refractivity contribution < 1.29 is 8.42 Å². The van der Waals surface area contributed by atoms with Gasteiger partial charge in [0.1, 0.15) is 4.90 Å². The Morgan fingerprint density at radius 1 is 1.32 bits per heavy atom. The van der Waals surface area contributed by atoms with Gasteiger partial charge in [-0.15, -0.1) is 0 Å². The number of rotatable bonds is 6. The summed E-state index contributed by atoms with van der Waals surface area (Å²) >= 11 is 0. The highest BCUT2D eigenvalue weighted by Gasteiger charge is 2.20. The van der Waals surface area contributed by atoms with E-state index in [0.29, 0.717) is 24.3 Å². The van der Waals surface area contributed by atoms with Gasteiger partial charge in [0.2, 0.25) is 10.0 Å². The Hall–Kier alpha value is -1.11. The van der Waals surface area contributed by atoms with E-state index in [2.05, 4.69) is 4.72 Å². The molecule has 5 nitrogen and oxygen atoms in total. The molecule has 0 aliphatic heterocycles. The van der Waals surface area contributed by atoms with E-state index in [1.165, 1.54) is 0 Å². The highest BCUT2D eigenvalue weighted by Crippen LogP contribution is 2.24. The predicted octanol–water partition coefficient (Wildman–Crippen LogP) is 1.12. The molecule has 0 amide bonds. The summed E-state index contributed by atoms with van der Waals surface area (Å²) in [5.74, 6) is 0. The number of nitrogen functional groups attached to an aromatic ring is 1. The summed E-state index contributed by atoms with van der Waals surface area (Å²) in [6.45, 7) is 7.60. The lowest BCUT2D eigenvalue weighted by molar-refractivity contribution is 0.358. The summed E-state index contributed by atoms with van der Waals surface area (Å²) in [5.41, 5.74) is 7.72. The number of aryl methyl sites for hydroxylation is 1. The third-order valence-corrected chi connectivity index (χ3v) is 4.96. The molecule has 0 saturated carbocycles. The second-order valence-corrected chi connectivity index (χ2v) is 6.42. The molecule has 1 aromatic rings. The van der Waals surface area contributed by atoms with E-state index in [1.807, 2.05) is 31.9 Å². The molecule has 1 rings (SSSR count). The average Bonchev–Trinajstić information content (AvgIpc) is 2.33. The molecule has 0 saturated heterocycles. The van der Waals surface area contributed by atoms with Gasteiger partial charge in [0, 0.05) is 13.1 Å². The molecule has 0 atom stereocenters. The highest BCUT2D eigenvalue weighted by atomic mass is 32.2. The molecule has 6 heteroatoms. The first-order chi connectivity index (χ1) is 8.79. The summed E-state index contributed by atoms with van der Waals surface area (Å²) in [6.07, 6.45) is 0. The number of nitrogens with two attached hydrogens (primary N) is 1. The lowest BCUT2D eigenvalue weighted by Gasteiger charge is -2.16. The Balaban J connectivity index is 2.92. The van der Waals surface area contributed by atoms with E-state index in [9.17, 15) is 8.42 Å². The first-order valence-corrected chi connectivity index (χ1v) is 7.81. The van der Waals surface area contributed by atoms with Gasteiger partial charge in [-0.05, 0) is 44.6 Å². The first kappa shape index (κ1) is 15.9. The van der Waals surface area contributed by atoms with Gasteiger partial charge >= 0.3 is 0 Å². The molecule has 1 aromatic carbocycles. The Kier molecular flexibility index (Phi) is 5.34. The van der Waals surface area contributed by atoms with Crippen LogP contribution in [0.4, 0.5) is 5.69 Å². The van der Waals surface area contributed by atoms with Gasteiger partial charge in [-0.2, -0.15) is 0 Å². The molecule has 108 valence electrons. The van der Waals surface area contributed by atoms with Gasteiger partial charge in [0.15, 0.2) is 0 Å². The van der Waals surface area contributed by atoms with E-state index in [-0.39, 0.29) is 4.90 Å². The van der Waals surface area contributed by atoms with Crippen molar-refractivity contribution >= 4 is 15.7 Å². The Bertz CT molecular complexity index is 541. The minimum absolute atomic E-state index is 0.201. The van der Waals surface area contributed by atoms with E-state index < -0.39 is 10.0 Å². The fourth-order valence-electron chi connectivity index (χ4n) is 1.77. The highest BCUT2D eigenvalue weighted by molar-refractivity contribution is 7.89. The fraction of sp³-hybridized carbons (Fsp3) is 0.538. The van der Waals surface area contributed by atoms with Gasteiger partial charge in [0.05, 0.1) is 5.69 Å². The molecular formula is C13H23N3O2S. The van der Waals surface area contributed by atoms with Crippen molar-refractivity contribution in [2.45, 2.75) is 25.7 Å². The van der Waals surface area contributed by atoms with Crippen molar-refractivity contribution in [3.8, 4) is 0 Å². The molecule has 0 aliphatic carbocycles. The second-order valence-electron chi connectivity index (χ2n) is 4.72. The zero-order valence-corrected chi connectivity index (χ0v) is 12.8. The number of hydrogen-bond donors (Lipinski definition) is 2. The zero-order valence-electron chi connectivity index (χ0n) is 12.0. The molecule has 19 heavy (non-hydrogen) atoms. The van der Waals surface area contributed by atoms with Crippen LogP contribution in [0.5, 0.6) is 0 Å². The molecule has 0 spiro atoms. The summed E-state index contributed by atoms with van der Waals surface area (Å²) in [6, 6.07) is 3.46. The van der Waals surface area contributed by atoms with Crippen molar-refractivity contribution in [2.24, 2.45) is 0 Å². The molecule has 0 aromatic heterocycles. The topological polar surface area (TPSA) is 75.4 Å². The van der Waals surface area contributed by atoms with Crippen LogP contribution in [-0.2, 0) is 10.0 Å². The Morgan fingerprint density at radius 2 is 1.95 bits per heavy atom. The number of benzene rings is 1. The smallest absolute Gasteiger partial charge is 0.242 e. The van der Waals surface area contributed by atoms with Crippen molar-refractivity contribution in [3.63, 3.8) is 0 Å². The van der Waals surface area contributed by atoms with Crippen LogP contribution in [0.1, 0.15) is 18.1 Å². The monoisotopic (exact) mass is 285 g/mol. The molecule has 0 radical (unpaired) electrons. The maximum atomic E-state index is 12.3. The predicted molar refractivity (Wildman–Crippen MR) is 78.7 cm³/mol. The molecular weight excluding hydrogens is 262 g/mol. The summed E-state index contributed by atoms with van der Waals surface area (Å²) in [4.78, 5) is 2.24. The van der Waals surface area contributed by atoms with Crippen LogP contribution in [0.2, 0.25) is 0 Å². The SMILES string of the molecule is CCN(C)CCNS(=O)(=O)c1c(N)ccc(C)c1C. The standard InChI is InChI=1S/C13H23N3O2S/c1-5-16(4)9-8-15-19(17,18)13-11(3)10(2)6-7-12(13)14/h6-7,15H,5,8-9,14H2,1-4H3. The van der Waals surface area contributed by atoms with Gasteiger partial charge in [-0.3, -0.25) is 0 Å². The van der Waals surface area contributed by atoms with E-state index in [0.717, 1.165) is 12.1 Å². The van der Waals surface area contributed by atoms with Crippen LogP contribution in [0.15, 0.2) is 17.0 Å². The van der Waals surface area contributed by atoms with Crippen LogP contribution in [0, 0.1) is 13.8 Å². The van der Waals surface area contributed by atoms with Crippen LogP contribution in [0.3, 0.4) is 0 Å². The molecule has 0 heterocycles. The fourth-order valence-corrected chi connectivity index (χ4v) is 3.22. The minimum Gasteiger partial charge on any atom is -0.398 e. The van der Waals surface area contributed by atoms with Crippen LogP contribution in [0.25, 0.3) is 0 Å². The first-order valence-electron chi connectivity index (χ1n) is 6.33. The summed E-state index contributed by atoms with van der Waals surface area (Å²) < 4.78 is 27.2. The molecule has 0 bridgehead atoms. The van der Waals surface area contributed by atoms with E-state index in [4.69, 9.17) is 5.73 Å². The van der Waals surface area contributed by atoms with Crippen LogP contribution in [-0.4, -0.2) is 40.0 Å². The van der Waals surface area contributed by atoms with Crippen molar-refractivity contribution in [1.29, 1.82) is 0 Å². The normalized spacial score (nSPS) is 12.1. The van der Waals surface area contributed by atoms with Crippen LogP contribution < -0.4 is 10.5 Å². The maximum absolute atomic E-state index is 12.3. The van der Waals surface area contributed by atoms with Gasteiger partial charge < -0.3 is 10.6 Å². The zero-order chi connectivity index (χ0) is 14.6. The molecule has 0 aliphatic rings. The van der Waals surface area contributed by atoms with Gasteiger partial charge in [-0.25, -0.2) is 13.1 Å². The third kappa shape index (κ3) is 3.92. The number of likely N-dealkylation sites (N-methyl/N-ethyl adjacent to an activating group) is 1. The average molecular weight is 285 g/mol. The maximum Gasteiger partial charge on any atom is 0.242 e. The van der Waals surface area contributed by atoms with E-state index in [1.54, 1.807) is 13.0 Å². The molecule has 0 unspecified atom stereocenters. The van der Waals surface area contributed by atoms with E-state index >= 15 is 0 Å². The van der Waals surface area contributed by atoms with Gasteiger partial charge in [-0.1, -0.05) is 13.0 Å². The number of sulfonamides is 1. The number of hydrogen-bond acceptors (Lipinski definition) is 4. The summed E-state index contributed by atoms with van der Waals surface area (Å²) in [5, 5.41) is 0.